The van der Waals surface area contributed by atoms with Crippen LogP contribution in [-0.4, -0.2) is 33.1 Å². The number of aryl methyl sites for hydroxylation is 3. The maximum atomic E-state index is 12.4. The molecule has 0 spiro atoms. The Hall–Kier alpha value is -2.80. The molecule has 2 heterocycles. The number of aromatic nitrogens is 1. The molecule has 134 valence electrons. The summed E-state index contributed by atoms with van der Waals surface area (Å²) >= 11 is 0.848. The van der Waals surface area contributed by atoms with Gasteiger partial charge in [0.25, 0.3) is 11.1 Å². The molecule has 1 aliphatic rings. The highest BCUT2D eigenvalue weighted by Gasteiger charge is 2.36. The van der Waals surface area contributed by atoms with Crippen LogP contribution < -0.4 is 5.32 Å². The summed E-state index contributed by atoms with van der Waals surface area (Å²) in [5.41, 5.74) is 3.65. The van der Waals surface area contributed by atoms with Crippen molar-refractivity contribution in [3.05, 3.63) is 58.3 Å². The van der Waals surface area contributed by atoms with E-state index >= 15 is 0 Å². The molecule has 0 saturated carbocycles. The Morgan fingerprint density at radius 2 is 1.96 bits per heavy atom. The fraction of sp³-hybridized carbons (Fsp3) is 0.211. The molecule has 1 fully saturated rings. The van der Waals surface area contributed by atoms with Gasteiger partial charge < -0.3 is 9.88 Å². The second-order valence-electron chi connectivity index (χ2n) is 6.23. The van der Waals surface area contributed by atoms with Gasteiger partial charge in [0.2, 0.25) is 5.91 Å². The fourth-order valence-corrected chi connectivity index (χ4v) is 3.40. The maximum absolute atomic E-state index is 12.4. The van der Waals surface area contributed by atoms with Crippen LogP contribution in [0.3, 0.4) is 0 Å². The third-order valence-electron chi connectivity index (χ3n) is 4.12. The van der Waals surface area contributed by atoms with Gasteiger partial charge in [-0.25, -0.2) is 0 Å². The molecule has 0 radical (unpaired) electrons. The Morgan fingerprint density at radius 1 is 1.19 bits per heavy atom. The summed E-state index contributed by atoms with van der Waals surface area (Å²) in [6.45, 7) is 3.64. The van der Waals surface area contributed by atoms with E-state index in [-0.39, 0.29) is 6.54 Å². The first-order valence-corrected chi connectivity index (χ1v) is 8.89. The highest BCUT2D eigenvalue weighted by atomic mass is 32.2. The summed E-state index contributed by atoms with van der Waals surface area (Å²) in [6.07, 6.45) is 5.36. The Balaban J connectivity index is 1.68. The number of nitrogens with zero attached hydrogens (tertiary/aromatic N) is 2. The lowest BCUT2D eigenvalue weighted by molar-refractivity contribution is -0.127. The Bertz CT molecular complexity index is 930. The van der Waals surface area contributed by atoms with Crippen LogP contribution in [0.4, 0.5) is 10.5 Å². The number of carbonyl (C=O) groups is 3. The average Bonchev–Trinajstić information content (AvgIpc) is 3.09. The van der Waals surface area contributed by atoms with Crippen LogP contribution in [-0.2, 0) is 16.6 Å². The van der Waals surface area contributed by atoms with Crippen molar-refractivity contribution in [2.24, 2.45) is 7.05 Å². The SMILES string of the molecule is Cc1ccc(NC(=O)CN2C(=O)S/C(=C/c3ccn(C)c3)C2=O)cc1C. The third kappa shape index (κ3) is 3.88. The van der Waals surface area contributed by atoms with E-state index in [2.05, 4.69) is 5.32 Å². The molecule has 3 rings (SSSR count). The number of imide groups is 1. The number of benzene rings is 1. The number of anilines is 1. The molecule has 1 saturated heterocycles. The van der Waals surface area contributed by atoms with Gasteiger partial charge in [-0.05, 0) is 66.6 Å². The summed E-state index contributed by atoms with van der Waals surface area (Å²) in [4.78, 5) is 38.1. The molecule has 2 aromatic rings. The molecular formula is C19H19N3O3S. The lowest BCUT2D eigenvalue weighted by Crippen LogP contribution is -2.36. The van der Waals surface area contributed by atoms with Gasteiger partial charge in [-0.1, -0.05) is 6.07 Å². The Kier molecular flexibility index (Phi) is 4.99. The van der Waals surface area contributed by atoms with Gasteiger partial charge in [-0.2, -0.15) is 0 Å². The number of amides is 3. The zero-order valence-electron chi connectivity index (χ0n) is 14.8. The lowest BCUT2D eigenvalue weighted by Gasteiger charge is -2.13. The normalized spacial score (nSPS) is 15.8. The number of hydrogen-bond donors (Lipinski definition) is 1. The number of thioether (sulfide) groups is 1. The van der Waals surface area contributed by atoms with Crippen molar-refractivity contribution in [2.45, 2.75) is 13.8 Å². The van der Waals surface area contributed by atoms with Gasteiger partial charge in [0.1, 0.15) is 6.54 Å². The van der Waals surface area contributed by atoms with Gasteiger partial charge >= 0.3 is 0 Å². The van der Waals surface area contributed by atoms with Crippen molar-refractivity contribution < 1.29 is 14.4 Å². The van der Waals surface area contributed by atoms with Crippen LogP contribution in [0.1, 0.15) is 16.7 Å². The maximum Gasteiger partial charge on any atom is 0.294 e. The minimum absolute atomic E-state index is 0.302. The fourth-order valence-electron chi connectivity index (χ4n) is 2.56. The first-order valence-electron chi connectivity index (χ1n) is 8.08. The second kappa shape index (κ2) is 7.21. The Labute approximate surface area is 155 Å². The van der Waals surface area contributed by atoms with E-state index in [4.69, 9.17) is 0 Å². The van der Waals surface area contributed by atoms with Crippen LogP contribution in [0.5, 0.6) is 0 Å². The molecule has 26 heavy (non-hydrogen) atoms. The van der Waals surface area contributed by atoms with E-state index in [0.717, 1.165) is 33.4 Å². The van der Waals surface area contributed by atoms with Crippen LogP contribution in [0.2, 0.25) is 0 Å². The van der Waals surface area contributed by atoms with E-state index in [1.54, 1.807) is 12.1 Å². The lowest BCUT2D eigenvalue weighted by atomic mass is 10.1. The standard InChI is InChI=1S/C19H19N3O3S/c1-12-4-5-15(8-13(12)2)20-17(23)11-22-18(24)16(26-19(22)25)9-14-6-7-21(3)10-14/h4-10H,11H2,1-3H3,(H,20,23)/b16-9+. The predicted molar refractivity (Wildman–Crippen MR) is 103 cm³/mol. The molecule has 1 N–H and O–H groups in total. The van der Waals surface area contributed by atoms with Crippen LogP contribution in [0, 0.1) is 13.8 Å². The van der Waals surface area contributed by atoms with E-state index in [1.807, 2.05) is 56.1 Å². The summed E-state index contributed by atoms with van der Waals surface area (Å²) in [6, 6.07) is 7.41. The molecule has 1 aromatic heterocycles. The van der Waals surface area contributed by atoms with E-state index in [0.29, 0.717) is 10.6 Å². The van der Waals surface area contributed by atoms with Gasteiger partial charge in [-0.3, -0.25) is 19.3 Å². The smallest absolute Gasteiger partial charge is 0.294 e. The second-order valence-corrected chi connectivity index (χ2v) is 7.22. The molecule has 1 aromatic carbocycles. The minimum atomic E-state index is -0.445. The van der Waals surface area contributed by atoms with Crippen LogP contribution in [0.25, 0.3) is 6.08 Å². The third-order valence-corrected chi connectivity index (χ3v) is 5.03. The number of nitrogens with one attached hydrogen (secondary N) is 1. The Morgan fingerprint density at radius 3 is 2.62 bits per heavy atom. The van der Waals surface area contributed by atoms with Crippen LogP contribution in [0.15, 0.2) is 41.6 Å². The van der Waals surface area contributed by atoms with Crippen molar-refractivity contribution >= 4 is 40.6 Å². The molecule has 6 nitrogen and oxygen atoms in total. The predicted octanol–water partition coefficient (Wildman–Crippen LogP) is 3.32. The summed E-state index contributed by atoms with van der Waals surface area (Å²) < 4.78 is 1.85. The number of carbonyl (C=O) groups excluding carboxylic acids is 3. The molecule has 7 heteroatoms. The van der Waals surface area contributed by atoms with Crippen molar-refractivity contribution in [2.75, 3.05) is 11.9 Å². The molecular weight excluding hydrogens is 350 g/mol. The molecule has 3 amide bonds. The van der Waals surface area contributed by atoms with Gasteiger partial charge in [0.15, 0.2) is 0 Å². The van der Waals surface area contributed by atoms with Gasteiger partial charge in [-0.15, -0.1) is 0 Å². The minimum Gasteiger partial charge on any atom is -0.357 e. The number of hydrogen-bond acceptors (Lipinski definition) is 4. The van der Waals surface area contributed by atoms with E-state index < -0.39 is 17.1 Å². The van der Waals surface area contributed by atoms with Crippen LogP contribution >= 0.6 is 11.8 Å². The van der Waals surface area contributed by atoms with E-state index in [9.17, 15) is 14.4 Å². The first-order chi connectivity index (χ1) is 12.3. The number of rotatable bonds is 4. The summed E-state index contributed by atoms with van der Waals surface area (Å²) in [7, 11) is 1.88. The quantitative estimate of drug-likeness (QED) is 0.840. The first kappa shape index (κ1) is 18.0. The van der Waals surface area contributed by atoms with E-state index in [1.165, 1.54) is 0 Å². The zero-order valence-corrected chi connectivity index (χ0v) is 15.6. The van der Waals surface area contributed by atoms with Crippen molar-refractivity contribution in [1.29, 1.82) is 0 Å². The monoisotopic (exact) mass is 369 g/mol. The zero-order chi connectivity index (χ0) is 18.8. The van der Waals surface area contributed by atoms with Crippen molar-refractivity contribution in [3.63, 3.8) is 0 Å². The molecule has 0 aliphatic carbocycles. The average molecular weight is 369 g/mol. The highest BCUT2D eigenvalue weighted by Crippen LogP contribution is 2.32. The van der Waals surface area contributed by atoms with Crippen molar-refractivity contribution in [3.8, 4) is 0 Å². The summed E-state index contributed by atoms with van der Waals surface area (Å²) in [5, 5.41) is 2.29. The topological polar surface area (TPSA) is 71.4 Å². The molecule has 1 aliphatic heterocycles. The van der Waals surface area contributed by atoms with Crippen molar-refractivity contribution in [1.82, 2.24) is 9.47 Å². The summed E-state index contributed by atoms with van der Waals surface area (Å²) in [5.74, 6) is -0.851. The molecule has 0 bridgehead atoms. The van der Waals surface area contributed by atoms with Gasteiger partial charge in [0.05, 0.1) is 4.91 Å². The largest absolute Gasteiger partial charge is 0.357 e. The molecule has 0 atom stereocenters. The highest BCUT2D eigenvalue weighted by molar-refractivity contribution is 8.18. The molecule has 0 unspecified atom stereocenters. The van der Waals surface area contributed by atoms with Gasteiger partial charge in [0, 0.05) is 25.1 Å².